The minimum atomic E-state index is 0.579. The molecule has 6 heteroatoms. The summed E-state index contributed by atoms with van der Waals surface area (Å²) in [7, 11) is 1.69. The van der Waals surface area contributed by atoms with Crippen LogP contribution in [-0.4, -0.2) is 30.4 Å². The van der Waals surface area contributed by atoms with Gasteiger partial charge in [0.05, 0.1) is 0 Å². The van der Waals surface area contributed by atoms with Gasteiger partial charge in [-0.15, -0.1) is 0 Å². The van der Waals surface area contributed by atoms with Gasteiger partial charge in [0, 0.05) is 30.9 Å². The lowest BCUT2D eigenvalue weighted by molar-refractivity contribution is 0.196. The van der Waals surface area contributed by atoms with Crippen molar-refractivity contribution in [2.24, 2.45) is 0 Å². The number of aromatic nitrogens is 1. The summed E-state index contributed by atoms with van der Waals surface area (Å²) in [4.78, 5) is 4.21. The number of ether oxygens (including phenoxy) is 1. The van der Waals surface area contributed by atoms with E-state index >= 15 is 0 Å². The van der Waals surface area contributed by atoms with Gasteiger partial charge in [0.1, 0.15) is 5.82 Å². The average molecular weight is 318 g/mol. The van der Waals surface area contributed by atoms with Gasteiger partial charge in [-0.2, -0.15) is 0 Å². The Labute approximate surface area is 115 Å². The van der Waals surface area contributed by atoms with Crippen molar-refractivity contribution in [2.75, 3.05) is 25.6 Å². The Morgan fingerprint density at radius 3 is 3.00 bits per heavy atom. The fourth-order valence-electron chi connectivity index (χ4n) is 1.19. The maximum atomic E-state index is 5.15. The number of pyridine rings is 1. The van der Waals surface area contributed by atoms with Crippen LogP contribution in [0.2, 0.25) is 0 Å². The number of hydrogen-bond acceptors (Lipinski definition) is 3. The van der Waals surface area contributed by atoms with Crippen molar-refractivity contribution in [3.05, 3.63) is 22.3 Å². The first kappa shape index (κ1) is 14.3. The molecule has 0 aliphatic carbocycles. The molecule has 4 nitrogen and oxygen atoms in total. The lowest BCUT2D eigenvalue weighted by atomic mass is 10.3. The first-order valence-corrected chi connectivity index (χ1v) is 6.49. The molecule has 0 spiro atoms. The summed E-state index contributed by atoms with van der Waals surface area (Å²) in [5.41, 5.74) is 1.12. The first-order valence-electron chi connectivity index (χ1n) is 5.29. The summed E-state index contributed by atoms with van der Waals surface area (Å²) in [5.74, 6) is 0.745. The number of nitrogens with one attached hydrogen (secondary N) is 2. The Morgan fingerprint density at radius 1 is 1.59 bits per heavy atom. The van der Waals surface area contributed by atoms with Crippen LogP contribution in [0.3, 0.4) is 0 Å². The summed E-state index contributed by atoms with van der Waals surface area (Å²) >= 11 is 8.55. The summed E-state index contributed by atoms with van der Waals surface area (Å²) in [6.45, 7) is 3.52. The zero-order valence-electron chi connectivity index (χ0n) is 9.92. The van der Waals surface area contributed by atoms with Crippen LogP contribution in [0.15, 0.2) is 16.7 Å². The topological polar surface area (TPSA) is 46.2 Å². The molecule has 1 rings (SSSR count). The van der Waals surface area contributed by atoms with E-state index in [-0.39, 0.29) is 0 Å². The second kappa shape index (κ2) is 7.58. The molecule has 94 valence electrons. The fraction of sp³-hybridized carbons (Fsp3) is 0.455. The summed E-state index contributed by atoms with van der Waals surface area (Å²) in [6, 6.07) is 1.94. The van der Waals surface area contributed by atoms with Gasteiger partial charge in [0.2, 0.25) is 0 Å². The second-order valence-corrected chi connectivity index (χ2v) is 4.81. The molecule has 17 heavy (non-hydrogen) atoms. The number of nitrogens with zero attached hydrogens (tertiary/aromatic N) is 1. The lowest BCUT2D eigenvalue weighted by Crippen LogP contribution is -2.30. The molecular formula is C11H16BrN3OS. The average Bonchev–Trinajstić information content (AvgIpc) is 2.30. The van der Waals surface area contributed by atoms with Gasteiger partial charge in [-0.25, -0.2) is 4.98 Å². The summed E-state index contributed by atoms with van der Waals surface area (Å²) in [5, 5.41) is 6.70. The van der Waals surface area contributed by atoms with E-state index in [0.717, 1.165) is 35.4 Å². The third-order valence-corrected chi connectivity index (χ3v) is 3.18. The van der Waals surface area contributed by atoms with Crippen LogP contribution >= 0.6 is 28.1 Å². The van der Waals surface area contributed by atoms with E-state index in [1.165, 1.54) is 0 Å². The number of aryl methyl sites for hydroxylation is 1. The number of halogens is 1. The monoisotopic (exact) mass is 317 g/mol. The van der Waals surface area contributed by atoms with Crippen molar-refractivity contribution >= 4 is 39.1 Å². The lowest BCUT2D eigenvalue weighted by Gasteiger charge is -2.10. The van der Waals surface area contributed by atoms with Crippen molar-refractivity contribution in [1.82, 2.24) is 10.3 Å². The molecule has 0 bridgehead atoms. The highest BCUT2D eigenvalue weighted by Gasteiger charge is 2.01. The SMILES string of the molecule is COCCCNC(=S)Nc1cc(C)c(Br)cn1. The molecule has 1 aromatic rings. The Morgan fingerprint density at radius 2 is 2.35 bits per heavy atom. The number of methoxy groups -OCH3 is 1. The van der Waals surface area contributed by atoms with Crippen molar-refractivity contribution in [3.63, 3.8) is 0 Å². The number of thiocarbonyl (C=S) groups is 1. The van der Waals surface area contributed by atoms with Gasteiger partial charge in [-0.3, -0.25) is 0 Å². The third-order valence-electron chi connectivity index (χ3n) is 2.10. The van der Waals surface area contributed by atoms with Crippen LogP contribution in [0.4, 0.5) is 5.82 Å². The Bertz CT molecular complexity index is 387. The van der Waals surface area contributed by atoms with E-state index in [9.17, 15) is 0 Å². The van der Waals surface area contributed by atoms with Gasteiger partial charge in [-0.1, -0.05) is 0 Å². The van der Waals surface area contributed by atoms with E-state index in [2.05, 4.69) is 31.5 Å². The largest absolute Gasteiger partial charge is 0.385 e. The first-order chi connectivity index (χ1) is 8.13. The van der Waals surface area contributed by atoms with Gasteiger partial charge in [0.15, 0.2) is 5.11 Å². The van der Waals surface area contributed by atoms with Crippen LogP contribution in [0.1, 0.15) is 12.0 Å². The number of anilines is 1. The Kier molecular flexibility index (Phi) is 6.39. The molecule has 0 radical (unpaired) electrons. The van der Waals surface area contributed by atoms with E-state index in [1.807, 2.05) is 13.0 Å². The van der Waals surface area contributed by atoms with E-state index in [0.29, 0.717) is 5.11 Å². The number of hydrogen-bond donors (Lipinski definition) is 2. The molecule has 0 saturated heterocycles. The van der Waals surface area contributed by atoms with Crippen molar-refractivity contribution < 1.29 is 4.74 Å². The predicted molar refractivity (Wildman–Crippen MR) is 77.4 cm³/mol. The normalized spacial score (nSPS) is 10.1. The molecule has 0 fully saturated rings. The van der Waals surface area contributed by atoms with E-state index in [1.54, 1.807) is 13.3 Å². The molecular weight excluding hydrogens is 302 g/mol. The highest BCUT2D eigenvalue weighted by Crippen LogP contribution is 2.16. The molecule has 2 N–H and O–H groups in total. The van der Waals surface area contributed by atoms with Gasteiger partial charge < -0.3 is 15.4 Å². The van der Waals surface area contributed by atoms with Crippen LogP contribution in [0.25, 0.3) is 0 Å². The molecule has 1 aromatic heterocycles. The molecule has 0 unspecified atom stereocenters. The zero-order valence-corrected chi connectivity index (χ0v) is 12.3. The molecule has 0 amide bonds. The second-order valence-electron chi connectivity index (χ2n) is 3.55. The van der Waals surface area contributed by atoms with Gasteiger partial charge in [0.25, 0.3) is 0 Å². The van der Waals surface area contributed by atoms with Gasteiger partial charge in [-0.05, 0) is 53.1 Å². The molecule has 1 heterocycles. The minimum Gasteiger partial charge on any atom is -0.385 e. The summed E-state index contributed by atoms with van der Waals surface area (Å²) < 4.78 is 5.94. The van der Waals surface area contributed by atoms with Crippen molar-refractivity contribution in [2.45, 2.75) is 13.3 Å². The third kappa shape index (κ3) is 5.43. The molecule has 0 saturated carbocycles. The van der Waals surface area contributed by atoms with Gasteiger partial charge >= 0.3 is 0 Å². The molecule has 0 atom stereocenters. The predicted octanol–water partition coefficient (Wildman–Crippen LogP) is 2.48. The van der Waals surface area contributed by atoms with E-state index in [4.69, 9.17) is 17.0 Å². The smallest absolute Gasteiger partial charge is 0.171 e. The minimum absolute atomic E-state index is 0.579. The maximum Gasteiger partial charge on any atom is 0.171 e. The molecule has 0 aliphatic heterocycles. The highest BCUT2D eigenvalue weighted by atomic mass is 79.9. The Hall–Kier alpha value is -0.720. The zero-order chi connectivity index (χ0) is 12.7. The number of rotatable bonds is 5. The van der Waals surface area contributed by atoms with Crippen LogP contribution < -0.4 is 10.6 Å². The maximum absolute atomic E-state index is 5.15. The van der Waals surface area contributed by atoms with E-state index < -0.39 is 0 Å². The molecule has 0 aromatic carbocycles. The Balaban J connectivity index is 2.37. The summed E-state index contributed by atoms with van der Waals surface area (Å²) in [6.07, 6.45) is 2.68. The quantitative estimate of drug-likeness (QED) is 0.645. The fourth-order valence-corrected chi connectivity index (χ4v) is 1.61. The van der Waals surface area contributed by atoms with Crippen LogP contribution in [0, 0.1) is 6.92 Å². The van der Waals surface area contributed by atoms with Crippen LogP contribution in [-0.2, 0) is 4.74 Å². The van der Waals surface area contributed by atoms with Crippen LogP contribution in [0.5, 0.6) is 0 Å². The molecule has 0 aliphatic rings. The standard InChI is InChI=1S/C11H16BrN3OS/c1-8-6-10(14-7-9(8)12)15-11(17)13-4-3-5-16-2/h6-7H,3-5H2,1-2H3,(H2,13,14,15,17). The highest BCUT2D eigenvalue weighted by molar-refractivity contribution is 9.10. The van der Waals surface area contributed by atoms with Crippen molar-refractivity contribution in [1.29, 1.82) is 0 Å². The van der Waals surface area contributed by atoms with Crippen molar-refractivity contribution in [3.8, 4) is 0 Å².